The van der Waals surface area contributed by atoms with Crippen LogP contribution in [0.25, 0.3) is 0 Å². The Hall–Kier alpha value is -2.62. The summed E-state index contributed by atoms with van der Waals surface area (Å²) in [4.78, 5) is 16.3. The van der Waals surface area contributed by atoms with Crippen molar-refractivity contribution < 1.29 is 27.8 Å². The van der Waals surface area contributed by atoms with E-state index in [2.05, 4.69) is 15.0 Å². The van der Waals surface area contributed by atoms with Crippen molar-refractivity contribution >= 4 is 34.5 Å². The van der Waals surface area contributed by atoms with Gasteiger partial charge < -0.3 is 15.2 Å². The predicted octanol–water partition coefficient (Wildman–Crippen LogP) is 5.03. The van der Waals surface area contributed by atoms with Gasteiger partial charge in [0.25, 0.3) is 5.91 Å². The van der Waals surface area contributed by atoms with Crippen LogP contribution in [0.1, 0.15) is 27.2 Å². The summed E-state index contributed by atoms with van der Waals surface area (Å²) in [7, 11) is 0. The number of carbonyl (C=O) groups excluding carboxylic acids is 1. The third-order valence-electron chi connectivity index (χ3n) is 3.50. The number of aromatic nitrogens is 1. The van der Waals surface area contributed by atoms with Crippen molar-refractivity contribution in [3.8, 4) is 5.75 Å². The van der Waals surface area contributed by atoms with Crippen LogP contribution in [0.5, 0.6) is 5.75 Å². The molecule has 0 saturated carbocycles. The van der Waals surface area contributed by atoms with Gasteiger partial charge in [-0.2, -0.15) is 0 Å². The lowest BCUT2D eigenvalue weighted by molar-refractivity contribution is -0.274. The number of thiazole rings is 1. The first-order valence-electron chi connectivity index (χ1n) is 7.77. The minimum atomic E-state index is -4.84. The Morgan fingerprint density at radius 2 is 1.93 bits per heavy atom. The molecule has 0 aliphatic carbocycles. The zero-order valence-corrected chi connectivity index (χ0v) is 15.5. The Morgan fingerprint density at radius 3 is 2.61 bits per heavy atom. The molecule has 1 atom stereocenters. The SMILES string of the molecule is O=C(Nc1ccc(Cl)cc1)c1csc(C(O)c2cccc(OC(F)(F)F)c2)n1. The predicted molar refractivity (Wildman–Crippen MR) is 98.7 cm³/mol. The molecule has 3 rings (SSSR count). The van der Waals surface area contributed by atoms with Gasteiger partial charge in [-0.25, -0.2) is 4.98 Å². The summed E-state index contributed by atoms with van der Waals surface area (Å²) >= 11 is 6.79. The number of carbonyl (C=O) groups is 1. The molecule has 0 radical (unpaired) electrons. The van der Waals surface area contributed by atoms with E-state index >= 15 is 0 Å². The van der Waals surface area contributed by atoms with Crippen LogP contribution in [0.2, 0.25) is 5.02 Å². The first kappa shape index (κ1) is 20.1. The monoisotopic (exact) mass is 428 g/mol. The molecule has 0 bridgehead atoms. The Kier molecular flexibility index (Phi) is 5.87. The zero-order valence-electron chi connectivity index (χ0n) is 13.9. The number of hydrogen-bond acceptors (Lipinski definition) is 5. The second-order valence-electron chi connectivity index (χ2n) is 5.55. The van der Waals surface area contributed by atoms with Gasteiger partial charge in [0, 0.05) is 16.1 Å². The number of halogens is 4. The van der Waals surface area contributed by atoms with E-state index in [0.717, 1.165) is 23.5 Å². The van der Waals surface area contributed by atoms with E-state index in [1.54, 1.807) is 24.3 Å². The van der Waals surface area contributed by atoms with E-state index < -0.39 is 24.1 Å². The molecule has 3 aromatic rings. The van der Waals surface area contributed by atoms with Gasteiger partial charge in [0.2, 0.25) is 0 Å². The Morgan fingerprint density at radius 1 is 1.21 bits per heavy atom. The van der Waals surface area contributed by atoms with Crippen molar-refractivity contribution in [1.82, 2.24) is 4.98 Å². The molecule has 5 nitrogen and oxygen atoms in total. The van der Waals surface area contributed by atoms with Gasteiger partial charge in [-0.1, -0.05) is 23.7 Å². The fourth-order valence-corrected chi connectivity index (χ4v) is 3.20. The molecular weight excluding hydrogens is 417 g/mol. The van der Waals surface area contributed by atoms with Crippen LogP contribution >= 0.6 is 22.9 Å². The molecule has 10 heteroatoms. The molecule has 2 N–H and O–H groups in total. The molecule has 1 aromatic heterocycles. The van der Waals surface area contributed by atoms with Crippen molar-refractivity contribution in [2.45, 2.75) is 12.5 Å². The van der Waals surface area contributed by atoms with Crippen LogP contribution in [0.15, 0.2) is 53.9 Å². The van der Waals surface area contributed by atoms with Crippen LogP contribution in [0.3, 0.4) is 0 Å². The summed E-state index contributed by atoms with van der Waals surface area (Å²) in [6.45, 7) is 0. The summed E-state index contributed by atoms with van der Waals surface area (Å²) in [5, 5.41) is 15.2. The molecule has 0 spiro atoms. The van der Waals surface area contributed by atoms with Gasteiger partial charge in [-0.05, 0) is 42.0 Å². The Balaban J connectivity index is 1.73. The van der Waals surface area contributed by atoms with E-state index in [4.69, 9.17) is 11.6 Å². The summed E-state index contributed by atoms with van der Waals surface area (Å²) in [5.74, 6) is -0.951. The van der Waals surface area contributed by atoms with Gasteiger partial charge in [0.1, 0.15) is 22.6 Å². The number of nitrogens with one attached hydrogen (secondary N) is 1. The average molecular weight is 429 g/mol. The van der Waals surface area contributed by atoms with Crippen LogP contribution < -0.4 is 10.1 Å². The van der Waals surface area contributed by atoms with Crippen molar-refractivity contribution in [3.63, 3.8) is 0 Å². The second-order valence-corrected chi connectivity index (χ2v) is 6.88. The maximum atomic E-state index is 12.3. The molecule has 146 valence electrons. The lowest BCUT2D eigenvalue weighted by atomic mass is 10.1. The number of alkyl halides is 3. The summed E-state index contributed by atoms with van der Waals surface area (Å²) < 4.78 is 40.9. The number of anilines is 1. The van der Waals surface area contributed by atoms with Crippen molar-refractivity contribution in [2.24, 2.45) is 0 Å². The summed E-state index contributed by atoms with van der Waals surface area (Å²) in [5.41, 5.74) is 0.735. The second kappa shape index (κ2) is 8.17. The number of hydrogen-bond donors (Lipinski definition) is 2. The van der Waals surface area contributed by atoms with E-state index in [0.29, 0.717) is 10.7 Å². The lowest BCUT2D eigenvalue weighted by Crippen LogP contribution is -2.17. The average Bonchev–Trinajstić information content (AvgIpc) is 3.12. The standard InChI is InChI=1S/C18H12ClF3N2O3S/c19-11-4-6-12(7-5-11)23-16(26)14-9-28-17(24-14)15(25)10-2-1-3-13(8-10)27-18(20,21)22/h1-9,15,25H,(H,23,26). The van der Waals surface area contributed by atoms with Gasteiger partial charge in [-0.3, -0.25) is 4.79 Å². The Labute approximate surface area is 166 Å². The number of nitrogens with zero attached hydrogens (tertiary/aromatic N) is 1. The third-order valence-corrected chi connectivity index (χ3v) is 4.65. The fourth-order valence-electron chi connectivity index (χ4n) is 2.27. The van der Waals surface area contributed by atoms with Crippen LogP contribution in [0.4, 0.5) is 18.9 Å². The first-order valence-corrected chi connectivity index (χ1v) is 9.03. The zero-order chi connectivity index (χ0) is 20.3. The van der Waals surface area contributed by atoms with Gasteiger partial charge in [-0.15, -0.1) is 24.5 Å². The van der Waals surface area contributed by atoms with Gasteiger partial charge in [0.05, 0.1) is 0 Å². The summed E-state index contributed by atoms with van der Waals surface area (Å²) in [6.07, 6.45) is -6.14. The topological polar surface area (TPSA) is 71.5 Å². The third kappa shape index (κ3) is 5.22. The largest absolute Gasteiger partial charge is 0.573 e. The van der Waals surface area contributed by atoms with E-state index in [1.165, 1.54) is 17.5 Å². The maximum Gasteiger partial charge on any atom is 0.573 e. The minimum absolute atomic E-state index is 0.0664. The van der Waals surface area contributed by atoms with Gasteiger partial charge >= 0.3 is 6.36 Å². The molecule has 0 saturated heterocycles. The molecule has 0 aliphatic heterocycles. The number of aliphatic hydroxyl groups is 1. The quantitative estimate of drug-likeness (QED) is 0.598. The molecule has 2 aromatic carbocycles. The molecule has 28 heavy (non-hydrogen) atoms. The number of rotatable bonds is 5. The number of aliphatic hydroxyl groups excluding tert-OH is 1. The van der Waals surface area contributed by atoms with Crippen LogP contribution in [-0.2, 0) is 0 Å². The maximum absolute atomic E-state index is 12.3. The normalized spacial score (nSPS) is 12.5. The van der Waals surface area contributed by atoms with E-state index in [-0.39, 0.29) is 16.3 Å². The molecule has 1 heterocycles. The molecule has 0 fully saturated rings. The van der Waals surface area contributed by atoms with Crippen molar-refractivity contribution in [1.29, 1.82) is 0 Å². The number of ether oxygens (including phenoxy) is 1. The minimum Gasteiger partial charge on any atom is -0.406 e. The van der Waals surface area contributed by atoms with Crippen molar-refractivity contribution in [2.75, 3.05) is 5.32 Å². The lowest BCUT2D eigenvalue weighted by Gasteiger charge is -2.12. The molecular formula is C18H12ClF3N2O3S. The van der Waals surface area contributed by atoms with E-state index in [9.17, 15) is 23.1 Å². The highest BCUT2D eigenvalue weighted by molar-refractivity contribution is 7.10. The van der Waals surface area contributed by atoms with Crippen LogP contribution in [0, 0.1) is 0 Å². The fraction of sp³-hybridized carbons (Fsp3) is 0.111. The van der Waals surface area contributed by atoms with Gasteiger partial charge in [0.15, 0.2) is 0 Å². The highest BCUT2D eigenvalue weighted by atomic mass is 35.5. The molecule has 1 amide bonds. The Bertz CT molecular complexity index is 977. The van der Waals surface area contributed by atoms with Crippen molar-refractivity contribution in [3.05, 3.63) is 75.2 Å². The highest BCUT2D eigenvalue weighted by Gasteiger charge is 2.31. The van der Waals surface area contributed by atoms with Crippen LogP contribution in [-0.4, -0.2) is 22.4 Å². The highest BCUT2D eigenvalue weighted by Crippen LogP contribution is 2.30. The number of benzene rings is 2. The summed E-state index contributed by atoms with van der Waals surface area (Å²) in [6, 6.07) is 11.4. The molecule has 0 aliphatic rings. The number of amides is 1. The smallest absolute Gasteiger partial charge is 0.406 e. The molecule has 1 unspecified atom stereocenters. The first-order chi connectivity index (χ1) is 13.2. The van der Waals surface area contributed by atoms with E-state index in [1.807, 2.05) is 0 Å².